The quantitative estimate of drug-likeness (QED) is 0.272. The molecule has 3 aliphatic rings. The maximum Gasteiger partial charge on any atom is 0.241 e. The van der Waals surface area contributed by atoms with Gasteiger partial charge < -0.3 is 30.9 Å². The number of likely N-dealkylation sites (N-methyl/N-ethyl adjacent to an activating group) is 1. The lowest BCUT2D eigenvalue weighted by molar-refractivity contribution is -0.142. The van der Waals surface area contributed by atoms with Gasteiger partial charge in [0.05, 0.1) is 36.2 Å². The third-order valence-corrected chi connectivity index (χ3v) is 11.7. The van der Waals surface area contributed by atoms with Gasteiger partial charge in [-0.05, 0) is 51.4 Å². The number of aliphatic hydroxyl groups is 1. The molecule has 1 aliphatic heterocycles. The predicted octanol–water partition coefficient (Wildman–Crippen LogP) is 3.84. The second-order valence-corrected chi connectivity index (χ2v) is 16.1. The first kappa shape index (κ1) is 37.1. The zero-order valence-corrected chi connectivity index (χ0v) is 30.0. The molecule has 3 fully saturated rings. The SMILES string of the molecule is CN(C)C(=O)CN(CC1CCCCC1)C(=O)C[C@@H](Cc1csc(N)n1)C(=O)N[C@@H](CC1CCCCC1)[C@@H](O)[C@@H]1CC(C)(C)N(C)C1=O. The van der Waals surface area contributed by atoms with Crippen molar-refractivity contribution in [2.75, 3.05) is 40.0 Å². The third-order valence-electron chi connectivity index (χ3n) is 10.9. The van der Waals surface area contributed by atoms with Crippen LogP contribution >= 0.6 is 11.3 Å². The highest BCUT2D eigenvalue weighted by Crippen LogP contribution is 2.37. The van der Waals surface area contributed by atoms with Crippen LogP contribution in [-0.4, -0.2) is 100 Å². The number of aliphatic hydroxyl groups excluding tert-OH is 1. The van der Waals surface area contributed by atoms with Crippen LogP contribution in [0.1, 0.15) is 103 Å². The molecule has 47 heavy (non-hydrogen) atoms. The van der Waals surface area contributed by atoms with E-state index >= 15 is 0 Å². The molecule has 4 N–H and O–H groups in total. The van der Waals surface area contributed by atoms with E-state index in [-0.39, 0.29) is 43.0 Å². The average Bonchev–Trinajstić information content (AvgIpc) is 3.54. The minimum absolute atomic E-state index is 0.0313. The van der Waals surface area contributed by atoms with Crippen LogP contribution in [0.4, 0.5) is 5.13 Å². The third kappa shape index (κ3) is 10.1. The van der Waals surface area contributed by atoms with E-state index in [1.54, 1.807) is 36.3 Å². The molecular formula is C35H58N6O5S. The van der Waals surface area contributed by atoms with Gasteiger partial charge in [0.15, 0.2) is 5.13 Å². The maximum absolute atomic E-state index is 14.3. The number of nitrogens with two attached hydrogens (primary N) is 1. The maximum atomic E-state index is 14.3. The minimum atomic E-state index is -1.05. The Morgan fingerprint density at radius 3 is 2.21 bits per heavy atom. The molecule has 264 valence electrons. The van der Waals surface area contributed by atoms with E-state index in [0.717, 1.165) is 51.4 Å². The number of rotatable bonds is 14. The fourth-order valence-electron chi connectivity index (χ4n) is 7.73. The lowest BCUT2D eigenvalue weighted by Gasteiger charge is -2.34. The van der Waals surface area contributed by atoms with Crippen molar-refractivity contribution in [3.63, 3.8) is 0 Å². The van der Waals surface area contributed by atoms with Crippen LogP contribution in [0.15, 0.2) is 5.38 Å². The zero-order chi connectivity index (χ0) is 34.3. The Bertz CT molecular complexity index is 1220. The van der Waals surface area contributed by atoms with E-state index in [1.807, 2.05) is 13.8 Å². The number of carbonyl (C=O) groups is 4. The molecule has 1 aromatic rings. The first-order valence-electron chi connectivity index (χ1n) is 17.7. The van der Waals surface area contributed by atoms with Crippen molar-refractivity contribution in [2.45, 2.75) is 121 Å². The summed E-state index contributed by atoms with van der Waals surface area (Å²) in [6, 6.07) is -0.631. The summed E-state index contributed by atoms with van der Waals surface area (Å²) >= 11 is 1.28. The summed E-state index contributed by atoms with van der Waals surface area (Å²) in [5, 5.41) is 17.1. The number of hydrogen-bond donors (Lipinski definition) is 3. The Labute approximate surface area is 285 Å². The van der Waals surface area contributed by atoms with E-state index in [2.05, 4.69) is 10.3 Å². The zero-order valence-electron chi connectivity index (χ0n) is 29.2. The molecule has 2 saturated carbocycles. The summed E-state index contributed by atoms with van der Waals surface area (Å²) in [4.78, 5) is 63.6. The summed E-state index contributed by atoms with van der Waals surface area (Å²) in [6.07, 6.45) is 11.1. The van der Waals surface area contributed by atoms with Crippen molar-refractivity contribution < 1.29 is 24.3 Å². The number of hydrogen-bond acceptors (Lipinski definition) is 8. The van der Waals surface area contributed by atoms with Crippen molar-refractivity contribution in [3.8, 4) is 0 Å². The number of nitrogens with one attached hydrogen (secondary N) is 1. The monoisotopic (exact) mass is 674 g/mol. The molecule has 1 saturated heterocycles. The van der Waals surface area contributed by atoms with Crippen LogP contribution in [0.25, 0.3) is 0 Å². The minimum Gasteiger partial charge on any atom is -0.390 e. The number of nitrogens with zero attached hydrogens (tertiary/aromatic N) is 4. The fraction of sp³-hybridized carbons (Fsp3) is 0.800. The number of nitrogen functional groups attached to an aromatic ring is 1. The Kier molecular flexibility index (Phi) is 13.1. The van der Waals surface area contributed by atoms with Crippen molar-refractivity contribution in [3.05, 3.63) is 11.1 Å². The van der Waals surface area contributed by atoms with Gasteiger partial charge in [0.2, 0.25) is 23.6 Å². The molecule has 0 bridgehead atoms. The van der Waals surface area contributed by atoms with E-state index in [4.69, 9.17) is 5.73 Å². The molecule has 4 rings (SSSR count). The summed E-state index contributed by atoms with van der Waals surface area (Å²) in [5.74, 6) is -1.60. The van der Waals surface area contributed by atoms with Crippen molar-refractivity contribution in [1.29, 1.82) is 0 Å². The highest BCUT2D eigenvalue weighted by Gasteiger charge is 2.48. The summed E-state index contributed by atoms with van der Waals surface area (Å²) in [6.45, 7) is 4.45. The van der Waals surface area contributed by atoms with Gasteiger partial charge in [-0.25, -0.2) is 4.98 Å². The fourth-order valence-corrected chi connectivity index (χ4v) is 8.31. The molecule has 4 atom stereocenters. The summed E-state index contributed by atoms with van der Waals surface area (Å²) in [5.41, 5.74) is 6.16. The lowest BCUT2D eigenvalue weighted by Crippen LogP contribution is -2.51. The van der Waals surface area contributed by atoms with Gasteiger partial charge in [0.1, 0.15) is 0 Å². The highest BCUT2D eigenvalue weighted by atomic mass is 32.1. The van der Waals surface area contributed by atoms with Gasteiger partial charge in [-0.2, -0.15) is 0 Å². The number of aromatic nitrogens is 1. The standard InChI is InChI=1S/C35H58N6O5S/c1-35(2)19-27(33(46)40(35)5)31(44)28(16-23-12-8-6-9-13-23)38-32(45)25(17-26-22-47-34(36)37-26)18-29(42)41(21-30(43)39(3)4)20-24-14-10-7-11-15-24/h22-25,27-28,31,44H,6-21H2,1-5H3,(H2,36,37)(H,38,45)/t25-,27+,28+,31+/m1/s1. The van der Waals surface area contributed by atoms with Gasteiger partial charge in [-0.1, -0.05) is 51.4 Å². The smallest absolute Gasteiger partial charge is 0.241 e. The van der Waals surface area contributed by atoms with Crippen LogP contribution in [0.5, 0.6) is 0 Å². The normalized spacial score (nSPS) is 22.5. The molecule has 12 heteroatoms. The van der Waals surface area contributed by atoms with E-state index in [1.165, 1.54) is 29.1 Å². The summed E-state index contributed by atoms with van der Waals surface area (Å²) in [7, 11) is 5.13. The average molecular weight is 675 g/mol. The number of amides is 4. The molecule has 11 nitrogen and oxygen atoms in total. The number of likely N-dealkylation sites (tertiary alicyclic amines) is 1. The largest absolute Gasteiger partial charge is 0.390 e. The van der Waals surface area contributed by atoms with Crippen LogP contribution in [0, 0.1) is 23.7 Å². The molecule has 4 amide bonds. The van der Waals surface area contributed by atoms with Crippen LogP contribution in [-0.2, 0) is 25.6 Å². The summed E-state index contributed by atoms with van der Waals surface area (Å²) < 4.78 is 0. The van der Waals surface area contributed by atoms with E-state index < -0.39 is 29.5 Å². The Morgan fingerprint density at radius 1 is 1.06 bits per heavy atom. The predicted molar refractivity (Wildman–Crippen MR) is 184 cm³/mol. The second-order valence-electron chi connectivity index (χ2n) is 15.2. The first-order chi connectivity index (χ1) is 22.2. The first-order valence-corrected chi connectivity index (χ1v) is 18.6. The lowest BCUT2D eigenvalue weighted by atomic mass is 9.80. The molecule has 0 radical (unpaired) electrons. The van der Waals surface area contributed by atoms with Crippen LogP contribution in [0.3, 0.4) is 0 Å². The Morgan fingerprint density at radius 2 is 1.68 bits per heavy atom. The van der Waals surface area contributed by atoms with Crippen LogP contribution < -0.4 is 11.1 Å². The topological polar surface area (TPSA) is 149 Å². The van der Waals surface area contributed by atoms with Gasteiger partial charge in [-0.15, -0.1) is 11.3 Å². The number of anilines is 1. The van der Waals surface area contributed by atoms with Crippen LogP contribution in [0.2, 0.25) is 0 Å². The molecular weight excluding hydrogens is 616 g/mol. The van der Waals surface area contributed by atoms with E-state index in [0.29, 0.717) is 42.0 Å². The van der Waals surface area contributed by atoms with Gasteiger partial charge in [0, 0.05) is 51.4 Å². The molecule has 0 unspecified atom stereocenters. The van der Waals surface area contributed by atoms with E-state index in [9.17, 15) is 24.3 Å². The molecule has 1 aromatic heterocycles. The van der Waals surface area contributed by atoms with Crippen molar-refractivity contribution >= 4 is 40.1 Å². The van der Waals surface area contributed by atoms with Crippen molar-refractivity contribution in [2.24, 2.45) is 23.7 Å². The molecule has 2 heterocycles. The highest BCUT2D eigenvalue weighted by molar-refractivity contribution is 7.13. The molecule has 0 spiro atoms. The van der Waals surface area contributed by atoms with Gasteiger partial charge in [0.25, 0.3) is 0 Å². The number of thiazole rings is 1. The van der Waals surface area contributed by atoms with Gasteiger partial charge >= 0.3 is 0 Å². The number of carbonyl (C=O) groups excluding carboxylic acids is 4. The Hall–Kier alpha value is -2.73. The Balaban J connectivity index is 1.57. The molecule has 0 aromatic carbocycles. The second kappa shape index (κ2) is 16.6. The molecule has 2 aliphatic carbocycles. The van der Waals surface area contributed by atoms with Gasteiger partial charge in [-0.3, -0.25) is 19.2 Å². The van der Waals surface area contributed by atoms with Crippen molar-refractivity contribution in [1.82, 2.24) is 25.0 Å².